The van der Waals surface area contributed by atoms with Crippen LogP contribution in [0.1, 0.15) is 16.7 Å². The van der Waals surface area contributed by atoms with E-state index in [0.717, 1.165) is 17.8 Å². The normalized spacial score (nSPS) is 10.6. The minimum atomic E-state index is -0.754. The first-order chi connectivity index (χ1) is 8.97. The van der Waals surface area contributed by atoms with Crippen molar-refractivity contribution in [2.24, 2.45) is 0 Å². The molecule has 19 heavy (non-hydrogen) atoms. The predicted octanol–water partition coefficient (Wildman–Crippen LogP) is 3.73. The van der Waals surface area contributed by atoms with Crippen LogP contribution < -0.4 is 5.32 Å². The van der Waals surface area contributed by atoms with E-state index in [2.05, 4.69) is 10.3 Å². The maximum atomic E-state index is 13.4. The van der Waals surface area contributed by atoms with Crippen molar-refractivity contribution in [2.75, 3.05) is 5.32 Å². The Morgan fingerprint density at radius 2 is 1.68 bits per heavy atom. The largest absolute Gasteiger partial charge is 0.364 e. The molecule has 0 unspecified atom stereocenters. The molecule has 2 aromatic rings. The van der Waals surface area contributed by atoms with E-state index in [1.54, 1.807) is 26.0 Å². The Hall–Kier alpha value is -2.04. The summed E-state index contributed by atoms with van der Waals surface area (Å²) < 4.78 is 39.5. The molecule has 2 rings (SSSR count). The van der Waals surface area contributed by atoms with Gasteiger partial charge in [0.25, 0.3) is 0 Å². The highest BCUT2D eigenvalue weighted by Gasteiger charge is 2.07. The van der Waals surface area contributed by atoms with E-state index in [-0.39, 0.29) is 18.2 Å². The molecule has 1 aromatic carbocycles. The van der Waals surface area contributed by atoms with Crippen molar-refractivity contribution in [1.29, 1.82) is 0 Å². The molecule has 0 bridgehead atoms. The van der Waals surface area contributed by atoms with E-state index < -0.39 is 11.6 Å². The third kappa shape index (κ3) is 3.05. The molecule has 0 fully saturated rings. The van der Waals surface area contributed by atoms with Crippen LogP contribution >= 0.6 is 0 Å². The summed E-state index contributed by atoms with van der Waals surface area (Å²) in [5.41, 5.74) is 1.87. The van der Waals surface area contributed by atoms with E-state index in [1.165, 1.54) is 0 Å². The van der Waals surface area contributed by atoms with E-state index in [9.17, 15) is 13.2 Å². The molecule has 0 spiro atoms. The smallest absolute Gasteiger partial charge is 0.168 e. The van der Waals surface area contributed by atoms with Crippen molar-refractivity contribution in [2.45, 2.75) is 20.4 Å². The molecule has 1 N–H and O–H groups in total. The topological polar surface area (TPSA) is 24.9 Å². The lowest BCUT2D eigenvalue weighted by Gasteiger charge is -2.09. The number of halogens is 3. The van der Waals surface area contributed by atoms with Crippen molar-refractivity contribution < 1.29 is 13.2 Å². The van der Waals surface area contributed by atoms with Gasteiger partial charge in [-0.15, -0.1) is 0 Å². The van der Waals surface area contributed by atoms with Gasteiger partial charge in [0.1, 0.15) is 11.6 Å². The molecule has 0 radical (unpaired) electrons. The number of hydrogen-bond donors (Lipinski definition) is 1. The molecule has 2 nitrogen and oxygen atoms in total. The second kappa shape index (κ2) is 5.30. The van der Waals surface area contributed by atoms with Crippen LogP contribution in [0, 0.1) is 31.3 Å². The number of nitrogens with one attached hydrogen (secondary N) is 1. The Bertz CT molecular complexity index is 589. The number of pyridine rings is 1. The molecule has 0 amide bonds. The fourth-order valence-electron chi connectivity index (χ4n) is 1.87. The van der Waals surface area contributed by atoms with Gasteiger partial charge in [0.2, 0.25) is 0 Å². The summed E-state index contributed by atoms with van der Waals surface area (Å²) >= 11 is 0. The van der Waals surface area contributed by atoms with Crippen LogP contribution in [0.25, 0.3) is 0 Å². The van der Waals surface area contributed by atoms with Gasteiger partial charge >= 0.3 is 0 Å². The fourth-order valence-corrected chi connectivity index (χ4v) is 1.87. The summed E-state index contributed by atoms with van der Waals surface area (Å²) in [6, 6.07) is 4.12. The highest BCUT2D eigenvalue weighted by molar-refractivity contribution is 5.38. The highest BCUT2D eigenvalue weighted by atomic mass is 19.1. The Kier molecular flexibility index (Phi) is 3.74. The Morgan fingerprint density at radius 3 is 2.26 bits per heavy atom. The molecule has 0 atom stereocenters. The maximum Gasteiger partial charge on any atom is 0.168 e. The molecule has 0 saturated heterocycles. The molecule has 0 aliphatic heterocycles. The fraction of sp³-hybridized carbons (Fsp3) is 0.214. The molecule has 1 aromatic heterocycles. The lowest BCUT2D eigenvalue weighted by molar-refractivity contribution is 0.575. The zero-order valence-corrected chi connectivity index (χ0v) is 10.6. The molecule has 0 aliphatic rings. The lowest BCUT2D eigenvalue weighted by atomic mass is 10.1. The van der Waals surface area contributed by atoms with Crippen LogP contribution in [0.4, 0.5) is 19.0 Å². The van der Waals surface area contributed by atoms with Gasteiger partial charge in [-0.05, 0) is 30.5 Å². The quantitative estimate of drug-likeness (QED) is 0.915. The molecule has 5 heteroatoms. The van der Waals surface area contributed by atoms with Crippen LogP contribution in [0.3, 0.4) is 0 Å². The van der Waals surface area contributed by atoms with Gasteiger partial charge in [-0.25, -0.2) is 18.2 Å². The highest BCUT2D eigenvalue weighted by Crippen LogP contribution is 2.17. The third-order valence-electron chi connectivity index (χ3n) is 2.76. The number of benzene rings is 1. The second-order valence-electron chi connectivity index (χ2n) is 4.38. The molecule has 0 aliphatic carbocycles. The monoisotopic (exact) mass is 266 g/mol. The number of anilines is 1. The van der Waals surface area contributed by atoms with Gasteiger partial charge in [0.05, 0.1) is 6.20 Å². The van der Waals surface area contributed by atoms with Crippen molar-refractivity contribution in [3.8, 4) is 0 Å². The van der Waals surface area contributed by atoms with Crippen molar-refractivity contribution in [1.82, 2.24) is 4.98 Å². The van der Waals surface area contributed by atoms with Gasteiger partial charge in [-0.2, -0.15) is 0 Å². The molecule has 1 heterocycles. The summed E-state index contributed by atoms with van der Waals surface area (Å²) in [7, 11) is 0. The summed E-state index contributed by atoms with van der Waals surface area (Å²) in [5, 5.41) is 2.76. The number of nitrogens with zero attached hydrogens (tertiary/aromatic N) is 1. The van der Waals surface area contributed by atoms with Crippen LogP contribution in [0.5, 0.6) is 0 Å². The van der Waals surface area contributed by atoms with Crippen molar-refractivity contribution in [3.05, 3.63) is 58.5 Å². The standard InChI is InChI=1S/C14H13F3N2/c1-8-3-10(4-9(2)13(8)17)6-18-14-12(16)5-11(15)7-19-14/h3-5,7H,6H2,1-2H3,(H,18,19). The Morgan fingerprint density at radius 1 is 1.05 bits per heavy atom. The van der Waals surface area contributed by atoms with Crippen LogP contribution in [0.15, 0.2) is 24.4 Å². The SMILES string of the molecule is Cc1cc(CNc2ncc(F)cc2F)cc(C)c1F. The summed E-state index contributed by atoms with van der Waals surface area (Å²) in [4.78, 5) is 3.62. The minimum absolute atomic E-state index is 0.0268. The van der Waals surface area contributed by atoms with Gasteiger partial charge in [0.15, 0.2) is 11.6 Å². The maximum absolute atomic E-state index is 13.4. The second-order valence-corrected chi connectivity index (χ2v) is 4.38. The molecule has 100 valence electrons. The molecular formula is C14H13F3N2. The first-order valence-electron chi connectivity index (χ1n) is 5.78. The van der Waals surface area contributed by atoms with E-state index in [4.69, 9.17) is 0 Å². The number of aromatic nitrogens is 1. The lowest BCUT2D eigenvalue weighted by Crippen LogP contribution is -2.05. The third-order valence-corrected chi connectivity index (χ3v) is 2.76. The molecular weight excluding hydrogens is 253 g/mol. The van der Waals surface area contributed by atoms with Crippen molar-refractivity contribution >= 4 is 5.82 Å². The first-order valence-corrected chi connectivity index (χ1v) is 5.78. The summed E-state index contributed by atoms with van der Waals surface area (Å²) in [5.74, 6) is -1.75. The number of rotatable bonds is 3. The zero-order valence-electron chi connectivity index (χ0n) is 10.6. The van der Waals surface area contributed by atoms with Crippen LogP contribution in [0.2, 0.25) is 0 Å². The van der Waals surface area contributed by atoms with Gasteiger partial charge in [0, 0.05) is 12.6 Å². The van der Waals surface area contributed by atoms with E-state index >= 15 is 0 Å². The van der Waals surface area contributed by atoms with Gasteiger partial charge in [-0.1, -0.05) is 12.1 Å². The zero-order chi connectivity index (χ0) is 14.0. The summed E-state index contributed by atoms with van der Waals surface area (Å²) in [6.45, 7) is 3.63. The first kappa shape index (κ1) is 13.4. The number of hydrogen-bond acceptors (Lipinski definition) is 2. The number of aryl methyl sites for hydroxylation is 2. The van der Waals surface area contributed by atoms with E-state index in [0.29, 0.717) is 11.1 Å². The van der Waals surface area contributed by atoms with Gasteiger partial charge in [-0.3, -0.25) is 0 Å². The van der Waals surface area contributed by atoms with Gasteiger partial charge < -0.3 is 5.32 Å². The Labute approximate surface area is 109 Å². The Balaban J connectivity index is 2.14. The van der Waals surface area contributed by atoms with Crippen LogP contribution in [-0.4, -0.2) is 4.98 Å². The van der Waals surface area contributed by atoms with Crippen molar-refractivity contribution in [3.63, 3.8) is 0 Å². The minimum Gasteiger partial charge on any atom is -0.364 e. The molecule has 0 saturated carbocycles. The van der Waals surface area contributed by atoms with E-state index in [1.807, 2.05) is 0 Å². The average Bonchev–Trinajstić information content (AvgIpc) is 2.34. The summed E-state index contributed by atoms with van der Waals surface area (Å²) in [6.07, 6.45) is 0.937. The van der Waals surface area contributed by atoms with Crippen LogP contribution in [-0.2, 0) is 6.54 Å². The average molecular weight is 266 g/mol. The predicted molar refractivity (Wildman–Crippen MR) is 67.4 cm³/mol.